The van der Waals surface area contributed by atoms with Gasteiger partial charge in [-0.2, -0.15) is 0 Å². The first-order valence-corrected chi connectivity index (χ1v) is 6.95. The van der Waals surface area contributed by atoms with Crippen molar-refractivity contribution < 1.29 is 13.6 Å². The van der Waals surface area contributed by atoms with E-state index in [4.69, 9.17) is 5.73 Å². The Morgan fingerprint density at radius 2 is 2.00 bits per heavy atom. The number of amides is 1. The monoisotopic (exact) mass is 354 g/mol. The minimum atomic E-state index is -0.705. The van der Waals surface area contributed by atoms with Gasteiger partial charge in [-0.3, -0.25) is 4.79 Å². The van der Waals surface area contributed by atoms with Crippen LogP contribution >= 0.6 is 15.9 Å². The Balaban J connectivity index is 2.27. The van der Waals surface area contributed by atoms with Crippen molar-refractivity contribution in [2.45, 2.75) is 13.5 Å². The van der Waals surface area contributed by atoms with Crippen LogP contribution in [-0.2, 0) is 6.54 Å². The molecule has 0 fully saturated rings. The average Bonchev–Trinajstić information content (AvgIpc) is 2.43. The van der Waals surface area contributed by atoms with Crippen LogP contribution in [0.5, 0.6) is 0 Å². The summed E-state index contributed by atoms with van der Waals surface area (Å²) in [4.78, 5) is 11.2. The third-order valence-electron chi connectivity index (χ3n) is 3.11. The highest BCUT2D eigenvalue weighted by Crippen LogP contribution is 2.23. The summed E-state index contributed by atoms with van der Waals surface area (Å²) in [5, 5.41) is 2.99. The van der Waals surface area contributed by atoms with Crippen molar-refractivity contribution in [3.05, 3.63) is 63.1 Å². The second-order valence-electron chi connectivity index (χ2n) is 4.58. The lowest BCUT2D eigenvalue weighted by atomic mass is 10.1. The van der Waals surface area contributed by atoms with E-state index in [0.29, 0.717) is 16.8 Å². The van der Waals surface area contributed by atoms with Crippen molar-refractivity contribution in [3.63, 3.8) is 0 Å². The summed E-state index contributed by atoms with van der Waals surface area (Å²) in [6, 6.07) is 6.89. The highest BCUT2D eigenvalue weighted by atomic mass is 79.9. The lowest BCUT2D eigenvalue weighted by Crippen LogP contribution is -2.13. The molecule has 3 N–H and O–H groups in total. The number of benzene rings is 2. The summed E-state index contributed by atoms with van der Waals surface area (Å²) >= 11 is 3.32. The van der Waals surface area contributed by atoms with E-state index in [2.05, 4.69) is 21.2 Å². The number of nitrogens with two attached hydrogens (primary N) is 1. The molecular weight excluding hydrogens is 342 g/mol. The van der Waals surface area contributed by atoms with Crippen molar-refractivity contribution >= 4 is 27.5 Å². The first kappa shape index (κ1) is 15.4. The number of halogens is 3. The molecule has 0 radical (unpaired) electrons. The van der Waals surface area contributed by atoms with Crippen LogP contribution in [0.1, 0.15) is 21.5 Å². The van der Waals surface area contributed by atoms with E-state index in [-0.39, 0.29) is 17.9 Å². The Morgan fingerprint density at radius 1 is 1.29 bits per heavy atom. The minimum Gasteiger partial charge on any atom is -0.381 e. The predicted molar refractivity (Wildman–Crippen MR) is 81.1 cm³/mol. The van der Waals surface area contributed by atoms with Gasteiger partial charge in [-0.25, -0.2) is 8.78 Å². The van der Waals surface area contributed by atoms with E-state index >= 15 is 0 Å². The number of nitrogens with one attached hydrogen (secondary N) is 1. The molecule has 0 heterocycles. The zero-order chi connectivity index (χ0) is 15.6. The van der Waals surface area contributed by atoms with Crippen LogP contribution in [0.25, 0.3) is 0 Å². The molecule has 0 saturated carbocycles. The van der Waals surface area contributed by atoms with Crippen molar-refractivity contribution in [1.82, 2.24) is 0 Å². The van der Waals surface area contributed by atoms with Gasteiger partial charge >= 0.3 is 0 Å². The first-order chi connectivity index (χ1) is 9.88. The van der Waals surface area contributed by atoms with E-state index in [1.54, 1.807) is 13.0 Å². The quantitative estimate of drug-likeness (QED) is 0.878. The van der Waals surface area contributed by atoms with Crippen molar-refractivity contribution in [2.24, 2.45) is 5.73 Å². The summed E-state index contributed by atoms with van der Waals surface area (Å²) in [5.41, 5.74) is 6.74. The molecule has 2 aromatic rings. The molecule has 21 heavy (non-hydrogen) atoms. The molecule has 0 atom stereocenters. The third kappa shape index (κ3) is 3.58. The molecule has 0 saturated heterocycles. The molecular formula is C15H13BrF2N2O. The Kier molecular flexibility index (Phi) is 4.57. The van der Waals surface area contributed by atoms with Gasteiger partial charge in [0.25, 0.3) is 0 Å². The lowest BCUT2D eigenvalue weighted by molar-refractivity contribution is 0.1000. The number of hydrogen-bond acceptors (Lipinski definition) is 2. The second-order valence-corrected chi connectivity index (χ2v) is 5.44. The Bertz CT molecular complexity index is 704. The Hall–Kier alpha value is -1.95. The molecule has 2 aromatic carbocycles. The summed E-state index contributed by atoms with van der Waals surface area (Å²) in [6.45, 7) is 1.86. The highest BCUT2D eigenvalue weighted by molar-refractivity contribution is 9.10. The van der Waals surface area contributed by atoms with Gasteiger partial charge in [-0.05, 0) is 42.8 Å². The largest absolute Gasteiger partial charge is 0.381 e. The number of carbonyl (C=O) groups excluding carboxylic acids is 1. The summed E-state index contributed by atoms with van der Waals surface area (Å²) in [7, 11) is 0. The average molecular weight is 355 g/mol. The zero-order valence-electron chi connectivity index (χ0n) is 11.2. The van der Waals surface area contributed by atoms with Crippen LogP contribution in [-0.4, -0.2) is 5.91 Å². The predicted octanol–water partition coefficient (Wildman–Crippen LogP) is 3.75. The zero-order valence-corrected chi connectivity index (χ0v) is 12.8. The van der Waals surface area contributed by atoms with Crippen LogP contribution in [0.3, 0.4) is 0 Å². The smallest absolute Gasteiger partial charge is 0.248 e. The van der Waals surface area contributed by atoms with Gasteiger partial charge in [0.2, 0.25) is 5.91 Å². The fraction of sp³-hybridized carbons (Fsp3) is 0.133. The van der Waals surface area contributed by atoms with Crippen LogP contribution in [0.4, 0.5) is 14.5 Å². The number of anilines is 1. The van der Waals surface area contributed by atoms with Crippen LogP contribution in [0.2, 0.25) is 0 Å². The lowest BCUT2D eigenvalue weighted by Gasteiger charge is -2.13. The van der Waals surface area contributed by atoms with Crippen LogP contribution in [0.15, 0.2) is 34.8 Å². The van der Waals surface area contributed by atoms with E-state index in [9.17, 15) is 13.6 Å². The molecule has 0 aromatic heterocycles. The summed E-state index contributed by atoms with van der Waals surface area (Å²) in [6.07, 6.45) is 0. The molecule has 1 amide bonds. The van der Waals surface area contributed by atoms with E-state index in [0.717, 1.165) is 10.5 Å². The van der Waals surface area contributed by atoms with E-state index < -0.39 is 11.7 Å². The topological polar surface area (TPSA) is 55.1 Å². The van der Waals surface area contributed by atoms with Gasteiger partial charge in [0.1, 0.15) is 11.6 Å². The number of carbonyl (C=O) groups is 1. The standard InChI is InChI=1S/C15H13BrF2N2O/c1-8-13(18)5-9(15(19)21)6-14(8)20-7-10-4-11(17)2-3-12(10)16/h2-6,20H,7H2,1H3,(H2,19,21). The highest BCUT2D eigenvalue weighted by Gasteiger charge is 2.11. The summed E-state index contributed by atoms with van der Waals surface area (Å²) < 4.78 is 27.7. The maximum Gasteiger partial charge on any atom is 0.248 e. The molecule has 0 unspecified atom stereocenters. The molecule has 110 valence electrons. The van der Waals surface area contributed by atoms with Gasteiger partial charge in [0.05, 0.1) is 0 Å². The van der Waals surface area contributed by atoms with Crippen molar-refractivity contribution in [2.75, 3.05) is 5.32 Å². The molecule has 0 spiro atoms. The normalized spacial score (nSPS) is 10.5. The molecule has 3 nitrogen and oxygen atoms in total. The minimum absolute atomic E-state index is 0.0823. The maximum absolute atomic E-state index is 13.8. The van der Waals surface area contributed by atoms with Gasteiger partial charge in [-0.15, -0.1) is 0 Å². The molecule has 6 heteroatoms. The Morgan fingerprint density at radius 3 is 2.67 bits per heavy atom. The number of rotatable bonds is 4. The van der Waals surface area contributed by atoms with Crippen LogP contribution in [0, 0.1) is 18.6 Å². The Labute approximate surface area is 129 Å². The SMILES string of the molecule is Cc1c(F)cc(C(N)=O)cc1NCc1cc(F)ccc1Br. The molecule has 0 aliphatic rings. The van der Waals surface area contributed by atoms with E-state index in [1.165, 1.54) is 18.2 Å². The fourth-order valence-electron chi connectivity index (χ4n) is 1.87. The van der Waals surface area contributed by atoms with Crippen molar-refractivity contribution in [1.29, 1.82) is 0 Å². The van der Waals surface area contributed by atoms with E-state index in [1.807, 2.05) is 0 Å². The second kappa shape index (κ2) is 6.22. The van der Waals surface area contributed by atoms with Gasteiger partial charge < -0.3 is 11.1 Å². The fourth-order valence-corrected chi connectivity index (χ4v) is 2.26. The van der Waals surface area contributed by atoms with Gasteiger partial charge in [0.15, 0.2) is 0 Å². The summed E-state index contributed by atoms with van der Waals surface area (Å²) in [5.74, 6) is -1.58. The van der Waals surface area contributed by atoms with Gasteiger partial charge in [-0.1, -0.05) is 15.9 Å². The third-order valence-corrected chi connectivity index (χ3v) is 3.88. The number of primary amides is 1. The molecule has 0 aliphatic carbocycles. The van der Waals surface area contributed by atoms with Crippen LogP contribution < -0.4 is 11.1 Å². The molecule has 0 aliphatic heterocycles. The first-order valence-electron chi connectivity index (χ1n) is 6.16. The maximum atomic E-state index is 13.8. The van der Waals surface area contributed by atoms with Gasteiger partial charge in [0, 0.05) is 27.8 Å². The molecule has 2 rings (SSSR count). The molecule has 0 bridgehead atoms. The number of hydrogen-bond donors (Lipinski definition) is 2. The van der Waals surface area contributed by atoms with Crippen molar-refractivity contribution in [3.8, 4) is 0 Å².